The Kier molecular flexibility index (Phi) is 5.60. The quantitative estimate of drug-likeness (QED) is 0.795. The summed E-state index contributed by atoms with van der Waals surface area (Å²) in [7, 11) is 0. The van der Waals surface area contributed by atoms with E-state index < -0.39 is 5.97 Å². The molecule has 0 radical (unpaired) electrons. The first-order valence-corrected chi connectivity index (χ1v) is 9.40. The molecule has 8 heteroatoms. The molecule has 0 aliphatic carbocycles. The number of thiazole rings is 1. The molecule has 0 aromatic carbocycles. The number of esters is 1. The lowest BCUT2D eigenvalue weighted by Gasteiger charge is -2.10. The molecule has 3 heterocycles. The Morgan fingerprint density at radius 1 is 1.50 bits per heavy atom. The molecular weight excluding hydrogens is 348 g/mol. The van der Waals surface area contributed by atoms with Crippen LogP contribution in [0.2, 0.25) is 0 Å². The lowest BCUT2D eigenvalue weighted by atomic mass is 10.2. The molecular formula is C16H18N2O4S2. The van der Waals surface area contributed by atoms with E-state index in [1.54, 1.807) is 18.3 Å². The lowest BCUT2D eigenvalue weighted by Crippen LogP contribution is -2.34. The third-order valence-corrected chi connectivity index (χ3v) is 5.78. The van der Waals surface area contributed by atoms with Crippen molar-refractivity contribution in [3.63, 3.8) is 0 Å². The van der Waals surface area contributed by atoms with Gasteiger partial charge in [0.2, 0.25) is 0 Å². The van der Waals surface area contributed by atoms with Gasteiger partial charge in [-0.2, -0.15) is 0 Å². The van der Waals surface area contributed by atoms with E-state index in [0.717, 1.165) is 29.3 Å². The summed E-state index contributed by atoms with van der Waals surface area (Å²) in [6, 6.07) is 3.89. The molecule has 1 fully saturated rings. The molecule has 3 rings (SSSR count). The number of hydrogen-bond acceptors (Lipinski definition) is 7. The highest BCUT2D eigenvalue weighted by Gasteiger charge is 2.20. The number of carbonyl (C=O) groups excluding carboxylic acids is 2. The Balaban J connectivity index is 1.50. The minimum atomic E-state index is -0.514. The molecule has 1 N–H and O–H groups in total. The van der Waals surface area contributed by atoms with E-state index in [9.17, 15) is 9.59 Å². The van der Waals surface area contributed by atoms with Gasteiger partial charge in [0, 0.05) is 13.2 Å². The Morgan fingerprint density at radius 3 is 3.08 bits per heavy atom. The molecule has 1 aliphatic rings. The highest BCUT2D eigenvalue weighted by molar-refractivity contribution is 7.22. The number of aryl methyl sites for hydroxylation is 1. The van der Waals surface area contributed by atoms with E-state index in [1.807, 2.05) is 17.5 Å². The smallest absolute Gasteiger partial charge is 0.350 e. The summed E-state index contributed by atoms with van der Waals surface area (Å²) in [5.74, 6) is -0.834. The Hall–Kier alpha value is -1.77. The van der Waals surface area contributed by atoms with Gasteiger partial charge in [-0.1, -0.05) is 6.07 Å². The average molecular weight is 366 g/mol. The van der Waals surface area contributed by atoms with E-state index >= 15 is 0 Å². The second-order valence-corrected chi connectivity index (χ2v) is 7.37. The van der Waals surface area contributed by atoms with Gasteiger partial charge in [-0.05, 0) is 31.2 Å². The minimum Gasteiger partial charge on any atom is -0.451 e. The van der Waals surface area contributed by atoms with Crippen LogP contribution in [-0.2, 0) is 14.3 Å². The topological polar surface area (TPSA) is 77.5 Å². The van der Waals surface area contributed by atoms with Crippen molar-refractivity contribution in [2.45, 2.75) is 25.9 Å². The maximum absolute atomic E-state index is 12.2. The van der Waals surface area contributed by atoms with Crippen LogP contribution in [0.25, 0.3) is 9.88 Å². The van der Waals surface area contributed by atoms with Crippen LogP contribution in [0.4, 0.5) is 0 Å². The number of rotatable bonds is 6. The fourth-order valence-corrected chi connectivity index (χ4v) is 4.13. The average Bonchev–Trinajstić information content (AvgIpc) is 3.30. The third kappa shape index (κ3) is 4.19. The van der Waals surface area contributed by atoms with Gasteiger partial charge >= 0.3 is 5.97 Å². The molecule has 0 saturated carbocycles. The van der Waals surface area contributed by atoms with Crippen molar-refractivity contribution >= 4 is 34.6 Å². The monoisotopic (exact) mass is 366 g/mol. The fraction of sp³-hybridized carbons (Fsp3) is 0.438. The van der Waals surface area contributed by atoms with E-state index in [4.69, 9.17) is 9.47 Å². The van der Waals surface area contributed by atoms with E-state index in [1.165, 1.54) is 11.3 Å². The van der Waals surface area contributed by atoms with Crippen LogP contribution in [0.1, 0.15) is 28.2 Å². The summed E-state index contributed by atoms with van der Waals surface area (Å²) in [6.45, 7) is 2.67. The van der Waals surface area contributed by atoms with Crippen molar-refractivity contribution in [1.29, 1.82) is 0 Å². The molecule has 2 aromatic heterocycles. The Morgan fingerprint density at radius 2 is 2.38 bits per heavy atom. The molecule has 128 valence electrons. The molecule has 0 bridgehead atoms. The molecule has 0 spiro atoms. The summed E-state index contributed by atoms with van der Waals surface area (Å²) in [5, 5.41) is 5.47. The predicted molar refractivity (Wildman–Crippen MR) is 92.4 cm³/mol. The summed E-state index contributed by atoms with van der Waals surface area (Å²) in [4.78, 5) is 29.8. The number of carbonyl (C=O) groups is 2. The molecule has 2 aromatic rings. The lowest BCUT2D eigenvalue weighted by molar-refractivity contribution is -0.124. The molecule has 1 amide bonds. The second kappa shape index (κ2) is 7.87. The normalized spacial score (nSPS) is 17.0. The zero-order valence-electron chi connectivity index (χ0n) is 13.2. The van der Waals surface area contributed by atoms with E-state index in [-0.39, 0.29) is 18.6 Å². The second-order valence-electron chi connectivity index (χ2n) is 5.43. The zero-order valence-corrected chi connectivity index (χ0v) is 14.9. The van der Waals surface area contributed by atoms with Gasteiger partial charge in [-0.25, -0.2) is 9.78 Å². The molecule has 24 heavy (non-hydrogen) atoms. The third-order valence-electron chi connectivity index (χ3n) is 3.60. The number of nitrogens with zero attached hydrogens (tertiary/aromatic N) is 1. The molecule has 6 nitrogen and oxygen atoms in total. The van der Waals surface area contributed by atoms with Gasteiger partial charge in [-0.3, -0.25) is 4.79 Å². The van der Waals surface area contributed by atoms with Gasteiger partial charge in [0.1, 0.15) is 9.88 Å². The van der Waals surface area contributed by atoms with Crippen molar-refractivity contribution in [2.24, 2.45) is 0 Å². The molecule has 1 atom stereocenters. The van der Waals surface area contributed by atoms with Crippen LogP contribution in [0, 0.1) is 6.92 Å². The van der Waals surface area contributed by atoms with Crippen LogP contribution in [0.3, 0.4) is 0 Å². The van der Waals surface area contributed by atoms with Crippen molar-refractivity contribution in [2.75, 3.05) is 19.8 Å². The van der Waals surface area contributed by atoms with Gasteiger partial charge in [-0.15, -0.1) is 22.7 Å². The molecule has 1 saturated heterocycles. The van der Waals surface area contributed by atoms with E-state index in [2.05, 4.69) is 10.3 Å². The highest BCUT2D eigenvalue weighted by atomic mass is 32.1. The first-order chi connectivity index (χ1) is 11.6. The van der Waals surface area contributed by atoms with Crippen LogP contribution in [0.15, 0.2) is 17.5 Å². The number of thiophene rings is 1. The Bertz CT molecular complexity index is 706. The minimum absolute atomic E-state index is 0.0711. The Labute approximate surface area is 147 Å². The zero-order chi connectivity index (χ0) is 16.9. The number of aromatic nitrogens is 1. The standard InChI is InChI=1S/C16H18N2O4S2/c1-10-14(24-15(18-10)12-5-3-7-23-12)16(20)22-9-13(19)17-8-11-4-2-6-21-11/h3,5,7,11H,2,4,6,8-9H2,1H3,(H,17,19)/t11-/m0/s1. The van der Waals surface area contributed by atoms with Crippen LogP contribution >= 0.6 is 22.7 Å². The van der Waals surface area contributed by atoms with E-state index in [0.29, 0.717) is 17.1 Å². The summed E-state index contributed by atoms with van der Waals surface area (Å²) < 4.78 is 10.5. The summed E-state index contributed by atoms with van der Waals surface area (Å²) >= 11 is 2.85. The van der Waals surface area contributed by atoms with Crippen LogP contribution < -0.4 is 5.32 Å². The van der Waals surface area contributed by atoms with Crippen molar-refractivity contribution < 1.29 is 19.1 Å². The van der Waals surface area contributed by atoms with Crippen molar-refractivity contribution in [3.8, 4) is 9.88 Å². The number of ether oxygens (including phenoxy) is 2. The van der Waals surface area contributed by atoms with Gasteiger partial charge < -0.3 is 14.8 Å². The SMILES string of the molecule is Cc1nc(-c2cccs2)sc1C(=O)OCC(=O)NC[C@@H]1CCCO1. The highest BCUT2D eigenvalue weighted by Crippen LogP contribution is 2.31. The first-order valence-electron chi connectivity index (χ1n) is 7.70. The number of nitrogens with one attached hydrogen (secondary N) is 1. The van der Waals surface area contributed by atoms with Crippen molar-refractivity contribution in [1.82, 2.24) is 10.3 Å². The number of amides is 1. The first kappa shape index (κ1) is 17.1. The maximum atomic E-state index is 12.2. The van der Waals surface area contributed by atoms with Gasteiger partial charge in [0.05, 0.1) is 16.7 Å². The summed E-state index contributed by atoms with van der Waals surface area (Å²) in [6.07, 6.45) is 2.04. The van der Waals surface area contributed by atoms with Gasteiger partial charge in [0.15, 0.2) is 6.61 Å². The summed E-state index contributed by atoms with van der Waals surface area (Å²) in [5.41, 5.74) is 0.619. The van der Waals surface area contributed by atoms with Gasteiger partial charge in [0.25, 0.3) is 5.91 Å². The van der Waals surface area contributed by atoms with Crippen LogP contribution in [-0.4, -0.2) is 42.7 Å². The van der Waals surface area contributed by atoms with Crippen molar-refractivity contribution in [3.05, 3.63) is 28.1 Å². The maximum Gasteiger partial charge on any atom is 0.350 e. The molecule has 0 unspecified atom stereocenters. The molecule has 1 aliphatic heterocycles. The number of hydrogen-bond donors (Lipinski definition) is 1. The predicted octanol–water partition coefficient (Wildman–Crippen LogP) is 2.63. The largest absolute Gasteiger partial charge is 0.451 e. The fourth-order valence-electron chi connectivity index (χ4n) is 2.37. The van der Waals surface area contributed by atoms with Crippen LogP contribution in [0.5, 0.6) is 0 Å².